The monoisotopic (exact) mass is 565 g/mol. The number of quaternary nitrogens is 1. The first-order valence-corrected chi connectivity index (χ1v) is 9.48. The van der Waals surface area contributed by atoms with Crippen LogP contribution in [0.15, 0.2) is 24.3 Å². The molecular weight excluding hydrogens is 536 g/mol. The molecule has 0 aliphatic carbocycles. The van der Waals surface area contributed by atoms with E-state index in [-0.39, 0.29) is 48.0 Å². The molecule has 0 bridgehead atoms. The molecule has 1 aliphatic rings. The van der Waals surface area contributed by atoms with Crippen LogP contribution in [0.5, 0.6) is 5.75 Å². The van der Waals surface area contributed by atoms with E-state index in [1.807, 2.05) is 24.3 Å². The van der Waals surface area contributed by atoms with Gasteiger partial charge in [0.2, 0.25) is 0 Å². The first kappa shape index (κ1) is 23.8. The molecule has 0 amide bonds. The van der Waals surface area contributed by atoms with Gasteiger partial charge in [-0.25, -0.2) is 0 Å². The van der Waals surface area contributed by atoms with Crippen molar-refractivity contribution in [1.29, 1.82) is 0 Å². The van der Waals surface area contributed by atoms with Crippen molar-refractivity contribution in [3.63, 3.8) is 0 Å². The number of halogens is 2. The Hall–Kier alpha value is 0.750. The largest absolute Gasteiger partial charge is 1.00 e. The van der Waals surface area contributed by atoms with Gasteiger partial charge in [0.15, 0.2) is 0 Å². The van der Waals surface area contributed by atoms with E-state index in [1.165, 1.54) is 0 Å². The summed E-state index contributed by atoms with van der Waals surface area (Å²) in [7, 11) is 8.70. The molecule has 3 atom stereocenters. The van der Waals surface area contributed by atoms with Gasteiger partial charge in [-0.05, 0) is 28.6 Å². The summed E-state index contributed by atoms with van der Waals surface area (Å²) in [6, 6.07) is 7.97. The van der Waals surface area contributed by atoms with Gasteiger partial charge in [0, 0.05) is 6.42 Å². The van der Waals surface area contributed by atoms with Crippen LogP contribution in [-0.2, 0) is 16.5 Å². The van der Waals surface area contributed by atoms with E-state index in [4.69, 9.17) is 4.74 Å². The van der Waals surface area contributed by atoms with Crippen LogP contribution in [0.1, 0.15) is 12.0 Å². The minimum atomic E-state index is -0.723. The summed E-state index contributed by atoms with van der Waals surface area (Å²) in [5.41, 5.74) is 0.288. The minimum absolute atomic E-state index is 0. The lowest BCUT2D eigenvalue weighted by molar-refractivity contribution is -0.874. The molecule has 0 aromatic heterocycles. The van der Waals surface area contributed by atoms with Gasteiger partial charge in [-0.2, -0.15) is 0 Å². The number of methoxy groups -OCH3 is 1. The van der Waals surface area contributed by atoms with Crippen LogP contribution < -0.4 is 52.7 Å². The molecule has 134 valence electrons. The van der Waals surface area contributed by atoms with Crippen molar-refractivity contribution in [3.8, 4) is 5.75 Å². The standard InChI is InChI=1S/C17H29NO2S.2HI/c1-18(2,3)12-15-13-21(5)10-9-17(15,19)14-7-6-8-16(11-14)20-4;;/h6-8,11,15,19H,9-10,12-13H2,1-5H3;2*1H/q+2;;/p-2/t15-,17-,21?;;/m0../s1. The number of hydrogen-bond donors (Lipinski definition) is 1. The van der Waals surface area contributed by atoms with Crippen LogP contribution in [0.3, 0.4) is 0 Å². The molecule has 1 N–H and O–H groups in total. The molecule has 0 radical (unpaired) electrons. The fraction of sp³-hybridized carbons (Fsp3) is 0.647. The van der Waals surface area contributed by atoms with Gasteiger partial charge in [0.1, 0.15) is 22.9 Å². The molecule has 2 rings (SSSR count). The van der Waals surface area contributed by atoms with Crippen molar-refractivity contribution in [1.82, 2.24) is 0 Å². The highest BCUT2D eigenvalue weighted by atomic mass is 127. The van der Waals surface area contributed by atoms with E-state index < -0.39 is 5.60 Å². The Morgan fingerprint density at radius 1 is 1.30 bits per heavy atom. The predicted octanol–water partition coefficient (Wildman–Crippen LogP) is -4.13. The summed E-state index contributed by atoms with van der Waals surface area (Å²) in [6.45, 7) is 0.991. The zero-order chi connectivity index (χ0) is 15.7. The van der Waals surface area contributed by atoms with Crippen molar-refractivity contribution in [2.75, 3.05) is 52.6 Å². The van der Waals surface area contributed by atoms with Gasteiger partial charge in [0.25, 0.3) is 0 Å². The Kier molecular flexibility index (Phi) is 9.76. The Labute approximate surface area is 178 Å². The summed E-state index contributed by atoms with van der Waals surface area (Å²) >= 11 is 0. The second-order valence-corrected chi connectivity index (χ2v) is 9.53. The molecule has 1 heterocycles. The van der Waals surface area contributed by atoms with Crippen LogP contribution in [0.25, 0.3) is 0 Å². The van der Waals surface area contributed by atoms with Gasteiger partial charge < -0.3 is 62.3 Å². The fourth-order valence-corrected chi connectivity index (χ4v) is 5.13. The van der Waals surface area contributed by atoms with Gasteiger partial charge in [-0.15, -0.1) is 0 Å². The molecule has 0 saturated carbocycles. The maximum atomic E-state index is 11.4. The number of rotatable bonds is 4. The number of aliphatic hydroxyl groups is 1. The quantitative estimate of drug-likeness (QED) is 0.229. The molecule has 1 aromatic carbocycles. The van der Waals surface area contributed by atoms with E-state index in [1.54, 1.807) is 7.11 Å². The fourth-order valence-electron chi connectivity index (χ4n) is 3.24. The molecule has 1 unspecified atom stereocenters. The maximum Gasteiger partial charge on any atom is 0.119 e. The summed E-state index contributed by atoms with van der Waals surface area (Å²) in [5, 5.41) is 11.4. The summed E-state index contributed by atoms with van der Waals surface area (Å²) in [5.74, 6) is 3.35. The van der Waals surface area contributed by atoms with Crippen LogP contribution in [0, 0.1) is 5.92 Å². The zero-order valence-corrected chi connectivity index (χ0v) is 19.8. The van der Waals surface area contributed by atoms with Crippen LogP contribution in [0.2, 0.25) is 0 Å². The van der Waals surface area contributed by atoms with Crippen molar-refractivity contribution >= 4 is 10.9 Å². The topological polar surface area (TPSA) is 29.5 Å². The average Bonchev–Trinajstić information content (AvgIpc) is 2.41. The van der Waals surface area contributed by atoms with Gasteiger partial charge in [-0.3, -0.25) is 0 Å². The lowest BCUT2D eigenvalue weighted by atomic mass is 9.79. The highest BCUT2D eigenvalue weighted by Gasteiger charge is 2.48. The highest BCUT2D eigenvalue weighted by Crippen LogP contribution is 2.40. The molecule has 1 fully saturated rings. The second-order valence-electron chi connectivity index (χ2n) is 7.23. The second kappa shape index (κ2) is 9.45. The maximum absolute atomic E-state index is 11.4. The molecule has 1 aliphatic heterocycles. The number of hydrogen-bond acceptors (Lipinski definition) is 2. The van der Waals surface area contributed by atoms with Crippen molar-refractivity contribution in [2.45, 2.75) is 12.0 Å². The molecule has 3 nitrogen and oxygen atoms in total. The van der Waals surface area contributed by atoms with Crippen molar-refractivity contribution in [2.24, 2.45) is 5.92 Å². The van der Waals surface area contributed by atoms with Crippen LogP contribution in [0.4, 0.5) is 0 Å². The predicted molar refractivity (Wildman–Crippen MR) is 90.9 cm³/mol. The van der Waals surface area contributed by atoms with Gasteiger partial charge >= 0.3 is 0 Å². The van der Waals surface area contributed by atoms with E-state index in [0.29, 0.717) is 16.8 Å². The minimum Gasteiger partial charge on any atom is -1.00 e. The smallest absolute Gasteiger partial charge is 0.119 e. The van der Waals surface area contributed by atoms with Gasteiger partial charge in [-0.1, -0.05) is 12.1 Å². The van der Waals surface area contributed by atoms with E-state index in [0.717, 1.165) is 40.3 Å². The highest BCUT2D eigenvalue weighted by molar-refractivity contribution is 7.96. The van der Waals surface area contributed by atoms with Crippen LogP contribution in [-0.4, -0.2) is 62.1 Å². The van der Waals surface area contributed by atoms with Crippen molar-refractivity contribution in [3.05, 3.63) is 29.8 Å². The normalized spacial score (nSPS) is 27.6. The summed E-state index contributed by atoms with van der Waals surface area (Å²) in [6.07, 6.45) is 3.18. The zero-order valence-electron chi connectivity index (χ0n) is 14.7. The Balaban J connectivity index is 0.00000242. The molecule has 1 saturated heterocycles. The lowest BCUT2D eigenvalue weighted by Crippen LogP contribution is -3.00. The number of nitrogens with zero attached hydrogens (tertiary/aromatic N) is 1. The Bertz CT molecular complexity index is 496. The third kappa shape index (κ3) is 6.20. The number of benzene rings is 1. The third-order valence-electron chi connectivity index (χ3n) is 4.33. The van der Waals surface area contributed by atoms with E-state index >= 15 is 0 Å². The molecular formula is C17H29I2NO2S. The molecule has 23 heavy (non-hydrogen) atoms. The molecule has 1 aromatic rings. The van der Waals surface area contributed by atoms with Gasteiger partial charge in [0.05, 0.1) is 47.0 Å². The molecule has 0 spiro atoms. The first-order valence-electron chi connectivity index (χ1n) is 7.51. The van der Waals surface area contributed by atoms with Crippen molar-refractivity contribution < 1.29 is 62.3 Å². The Morgan fingerprint density at radius 2 is 1.96 bits per heavy atom. The summed E-state index contributed by atoms with van der Waals surface area (Å²) in [4.78, 5) is 0. The lowest BCUT2D eigenvalue weighted by Gasteiger charge is -2.41. The summed E-state index contributed by atoms with van der Waals surface area (Å²) < 4.78 is 6.22. The van der Waals surface area contributed by atoms with E-state index in [9.17, 15) is 5.11 Å². The first-order chi connectivity index (χ1) is 9.74. The molecule has 6 heteroatoms. The number of ether oxygens (including phenoxy) is 1. The SMILES string of the molecule is COc1cccc([C@@]2(O)CC[S+](C)C[C@@H]2C[N+](C)(C)C)c1.[I-].[I-]. The third-order valence-corrected chi connectivity index (χ3v) is 6.20. The van der Waals surface area contributed by atoms with Crippen LogP contribution >= 0.6 is 0 Å². The van der Waals surface area contributed by atoms with E-state index in [2.05, 4.69) is 27.4 Å². The Morgan fingerprint density at radius 3 is 2.52 bits per heavy atom. The average molecular weight is 565 g/mol.